The predicted molar refractivity (Wildman–Crippen MR) is 81.0 cm³/mol. The summed E-state index contributed by atoms with van der Waals surface area (Å²) in [6.07, 6.45) is 4.43. The zero-order valence-electron chi connectivity index (χ0n) is 9.42. The Balaban J connectivity index is 1.76. The van der Waals surface area contributed by atoms with E-state index >= 15 is 0 Å². The van der Waals surface area contributed by atoms with Gasteiger partial charge in [-0.15, -0.1) is 22.9 Å². The van der Waals surface area contributed by atoms with Crippen LogP contribution in [-0.2, 0) is 0 Å². The van der Waals surface area contributed by atoms with Gasteiger partial charge < -0.3 is 5.32 Å². The Labute approximate surface area is 124 Å². The Hall–Kier alpha value is 0.190. The molecule has 5 heteroatoms. The molecule has 1 heterocycles. The predicted octanol–water partition coefficient (Wildman–Crippen LogP) is 3.88. The van der Waals surface area contributed by atoms with Crippen LogP contribution in [0.5, 0.6) is 0 Å². The first-order valence-corrected chi connectivity index (χ1v) is 8.21. The summed E-state index contributed by atoms with van der Waals surface area (Å²) in [6, 6.07) is 1.93. The van der Waals surface area contributed by atoms with E-state index in [4.69, 9.17) is 11.6 Å². The molecule has 0 aromatic carbocycles. The molecule has 1 aromatic rings. The minimum atomic E-state index is 0.0529. The highest BCUT2D eigenvalue weighted by Gasteiger charge is 2.20. The van der Waals surface area contributed by atoms with E-state index < -0.39 is 0 Å². The number of thiophene rings is 1. The number of amides is 1. The summed E-state index contributed by atoms with van der Waals surface area (Å²) in [6.45, 7) is 0.787. The Morgan fingerprint density at radius 1 is 1.47 bits per heavy atom. The number of halogens is 2. The van der Waals surface area contributed by atoms with Crippen LogP contribution in [0.1, 0.15) is 36.0 Å². The highest BCUT2D eigenvalue weighted by molar-refractivity contribution is 14.1. The second kappa shape index (κ2) is 6.38. The molecule has 0 radical (unpaired) electrons. The second-order valence-corrected chi connectivity index (χ2v) is 7.89. The molecular weight excluding hydrogens is 369 g/mol. The molecule has 0 atom stereocenters. The SMILES string of the molecule is O=C(NCC1CCC(Cl)CC1)c1csc(I)c1. The molecule has 0 saturated heterocycles. The minimum absolute atomic E-state index is 0.0529. The second-order valence-electron chi connectivity index (χ2n) is 4.47. The number of hydrogen-bond acceptors (Lipinski definition) is 2. The van der Waals surface area contributed by atoms with Gasteiger partial charge in [0.2, 0.25) is 0 Å². The smallest absolute Gasteiger partial charge is 0.252 e. The molecule has 17 heavy (non-hydrogen) atoms. The van der Waals surface area contributed by atoms with E-state index in [1.165, 1.54) is 0 Å². The first-order chi connectivity index (χ1) is 8.15. The van der Waals surface area contributed by atoms with E-state index in [0.29, 0.717) is 11.3 Å². The summed E-state index contributed by atoms with van der Waals surface area (Å²) < 4.78 is 1.15. The van der Waals surface area contributed by atoms with Gasteiger partial charge in [-0.1, -0.05) is 0 Å². The van der Waals surface area contributed by atoms with Crippen molar-refractivity contribution in [3.05, 3.63) is 19.9 Å². The third-order valence-electron chi connectivity index (χ3n) is 3.16. The van der Waals surface area contributed by atoms with Crippen molar-refractivity contribution in [3.8, 4) is 0 Å². The molecule has 94 valence electrons. The van der Waals surface area contributed by atoms with Crippen molar-refractivity contribution in [3.63, 3.8) is 0 Å². The summed E-state index contributed by atoms with van der Waals surface area (Å²) in [5.74, 6) is 0.656. The maximum absolute atomic E-state index is 11.8. The third kappa shape index (κ3) is 4.10. The molecule has 1 saturated carbocycles. The fourth-order valence-electron chi connectivity index (χ4n) is 2.09. The molecule has 0 aliphatic heterocycles. The van der Waals surface area contributed by atoms with E-state index in [1.807, 2.05) is 11.4 Å². The van der Waals surface area contributed by atoms with Gasteiger partial charge in [0.05, 0.1) is 8.45 Å². The molecule has 1 aliphatic rings. The zero-order valence-corrected chi connectivity index (χ0v) is 13.1. The topological polar surface area (TPSA) is 29.1 Å². The first-order valence-electron chi connectivity index (χ1n) is 5.81. The molecule has 0 spiro atoms. The molecule has 1 aliphatic carbocycles. The summed E-state index contributed by atoms with van der Waals surface area (Å²) in [7, 11) is 0. The summed E-state index contributed by atoms with van der Waals surface area (Å²) >= 11 is 9.89. The lowest BCUT2D eigenvalue weighted by Gasteiger charge is -2.24. The molecule has 1 aromatic heterocycles. The van der Waals surface area contributed by atoms with Crippen LogP contribution < -0.4 is 5.32 Å². The molecule has 0 bridgehead atoms. The third-order valence-corrected chi connectivity index (χ3v) is 5.38. The molecule has 2 nitrogen and oxygen atoms in total. The van der Waals surface area contributed by atoms with E-state index in [9.17, 15) is 4.79 Å². The van der Waals surface area contributed by atoms with E-state index in [2.05, 4.69) is 27.9 Å². The van der Waals surface area contributed by atoms with Crippen molar-refractivity contribution >= 4 is 51.4 Å². The van der Waals surface area contributed by atoms with Crippen LogP contribution in [0.3, 0.4) is 0 Å². The fourth-order valence-corrected chi connectivity index (χ4v) is 3.67. The Morgan fingerprint density at radius 3 is 2.76 bits per heavy atom. The molecule has 1 N–H and O–H groups in total. The van der Waals surface area contributed by atoms with Crippen LogP contribution in [0, 0.1) is 8.80 Å². The minimum Gasteiger partial charge on any atom is -0.352 e. The number of carbonyl (C=O) groups excluding carboxylic acids is 1. The normalized spacial score (nSPS) is 24.6. The quantitative estimate of drug-likeness (QED) is 0.623. The van der Waals surface area contributed by atoms with E-state index in [0.717, 1.165) is 40.7 Å². The Morgan fingerprint density at radius 2 is 2.18 bits per heavy atom. The van der Waals surface area contributed by atoms with Crippen molar-refractivity contribution in [2.75, 3.05) is 6.54 Å². The van der Waals surface area contributed by atoms with Crippen LogP contribution in [0.2, 0.25) is 0 Å². The van der Waals surface area contributed by atoms with Crippen molar-refractivity contribution in [1.82, 2.24) is 5.32 Å². The van der Waals surface area contributed by atoms with Crippen LogP contribution >= 0.6 is 45.5 Å². The van der Waals surface area contributed by atoms with Gasteiger partial charge in [-0.25, -0.2) is 0 Å². The van der Waals surface area contributed by atoms with Crippen LogP contribution in [-0.4, -0.2) is 17.8 Å². The van der Waals surface area contributed by atoms with Crippen LogP contribution in [0.4, 0.5) is 0 Å². The summed E-state index contributed by atoms with van der Waals surface area (Å²) in [5, 5.41) is 5.28. The van der Waals surface area contributed by atoms with Crippen LogP contribution in [0.15, 0.2) is 11.4 Å². The standard InChI is InChI=1S/C12H15ClINOS/c13-10-3-1-8(2-4-10)6-15-12(16)9-5-11(14)17-7-9/h5,7-8,10H,1-4,6H2,(H,15,16). The average Bonchev–Trinajstić information content (AvgIpc) is 2.75. The molecule has 1 fully saturated rings. The van der Waals surface area contributed by atoms with E-state index in [-0.39, 0.29) is 5.91 Å². The maximum atomic E-state index is 11.8. The number of hydrogen-bond donors (Lipinski definition) is 1. The van der Waals surface area contributed by atoms with Gasteiger partial charge in [-0.3, -0.25) is 4.79 Å². The monoisotopic (exact) mass is 383 g/mol. The lowest BCUT2D eigenvalue weighted by molar-refractivity contribution is 0.0944. The van der Waals surface area contributed by atoms with Gasteiger partial charge in [-0.2, -0.15) is 0 Å². The highest BCUT2D eigenvalue weighted by Crippen LogP contribution is 2.27. The van der Waals surface area contributed by atoms with E-state index in [1.54, 1.807) is 11.3 Å². The van der Waals surface area contributed by atoms with Crippen molar-refractivity contribution in [2.45, 2.75) is 31.1 Å². The number of rotatable bonds is 3. The lowest BCUT2D eigenvalue weighted by atomic mass is 9.89. The molecule has 0 unspecified atom stereocenters. The number of nitrogens with one attached hydrogen (secondary N) is 1. The first kappa shape index (κ1) is 13.6. The largest absolute Gasteiger partial charge is 0.352 e. The average molecular weight is 384 g/mol. The molecular formula is C12H15ClINOS. The van der Waals surface area contributed by atoms with Gasteiger partial charge >= 0.3 is 0 Å². The Bertz CT molecular complexity index is 388. The summed E-state index contributed by atoms with van der Waals surface area (Å²) in [5.41, 5.74) is 0.783. The summed E-state index contributed by atoms with van der Waals surface area (Å²) in [4.78, 5) is 11.8. The maximum Gasteiger partial charge on any atom is 0.252 e. The fraction of sp³-hybridized carbons (Fsp3) is 0.583. The molecule has 1 amide bonds. The number of alkyl halides is 1. The lowest BCUT2D eigenvalue weighted by Crippen LogP contribution is -2.31. The van der Waals surface area contributed by atoms with Gasteiger partial charge in [0.25, 0.3) is 5.91 Å². The van der Waals surface area contributed by atoms with Crippen molar-refractivity contribution in [1.29, 1.82) is 0 Å². The van der Waals surface area contributed by atoms with Gasteiger partial charge in [-0.05, 0) is 60.3 Å². The highest BCUT2D eigenvalue weighted by atomic mass is 127. The Kier molecular flexibility index (Phi) is 5.11. The zero-order chi connectivity index (χ0) is 12.3. The van der Waals surface area contributed by atoms with Crippen molar-refractivity contribution in [2.24, 2.45) is 5.92 Å². The van der Waals surface area contributed by atoms with Crippen molar-refractivity contribution < 1.29 is 4.79 Å². The van der Waals surface area contributed by atoms with Gasteiger partial charge in [0.15, 0.2) is 0 Å². The van der Waals surface area contributed by atoms with Crippen LogP contribution in [0.25, 0.3) is 0 Å². The van der Waals surface area contributed by atoms with Gasteiger partial charge in [0, 0.05) is 17.3 Å². The number of carbonyl (C=O) groups is 1. The van der Waals surface area contributed by atoms with Gasteiger partial charge in [0.1, 0.15) is 0 Å². The molecule has 2 rings (SSSR count).